The van der Waals surface area contributed by atoms with E-state index in [1.54, 1.807) is 13.8 Å². The second-order valence-electron chi connectivity index (χ2n) is 16.1. The van der Waals surface area contributed by atoms with Crippen molar-refractivity contribution in [3.8, 4) is 34.8 Å². The number of ether oxygens (including phenoxy) is 4. The second-order valence-corrected chi connectivity index (χ2v) is 16.1. The average Bonchev–Trinajstić information content (AvgIpc) is 3.69. The van der Waals surface area contributed by atoms with Crippen molar-refractivity contribution in [2.45, 2.75) is 135 Å². The zero-order valence-corrected chi connectivity index (χ0v) is 40.9. The van der Waals surface area contributed by atoms with E-state index in [4.69, 9.17) is 18.9 Å². The summed E-state index contributed by atoms with van der Waals surface area (Å²) in [6.07, 6.45) is -4.89. The van der Waals surface area contributed by atoms with Crippen LogP contribution in [0.3, 0.4) is 0 Å². The number of carbonyl (C=O) groups is 5. The molecule has 4 aliphatic heterocycles. The predicted molar refractivity (Wildman–Crippen MR) is 211 cm³/mol. The number of phenolic OH excluding ortho intramolecular Hbond substituents is 1. The molecule has 4 heterocycles. The van der Waals surface area contributed by atoms with Crippen LogP contribution >= 0.6 is 0 Å². The van der Waals surface area contributed by atoms with Crippen LogP contribution in [0.4, 0.5) is 13.2 Å². The molecular formula is C43H52AcF3N5O10. The van der Waals surface area contributed by atoms with Crippen LogP contribution in [0.15, 0.2) is 6.07 Å². The van der Waals surface area contributed by atoms with Crippen molar-refractivity contribution in [2.24, 2.45) is 0 Å². The first-order valence-corrected chi connectivity index (χ1v) is 20.6. The van der Waals surface area contributed by atoms with Crippen LogP contribution in [-0.4, -0.2) is 112 Å². The molecule has 62 heavy (non-hydrogen) atoms. The van der Waals surface area contributed by atoms with Crippen molar-refractivity contribution < 1.29 is 105 Å². The number of benzene rings is 2. The van der Waals surface area contributed by atoms with Gasteiger partial charge in [-0.15, -0.1) is 0 Å². The van der Waals surface area contributed by atoms with E-state index < -0.39 is 85.0 Å². The number of alkyl halides is 3. The Morgan fingerprint density at radius 2 is 1.60 bits per heavy atom. The van der Waals surface area contributed by atoms with Crippen molar-refractivity contribution in [3.05, 3.63) is 39.4 Å². The summed E-state index contributed by atoms with van der Waals surface area (Å²) in [7, 11) is 3.32. The summed E-state index contributed by atoms with van der Waals surface area (Å²) < 4.78 is 65.8. The van der Waals surface area contributed by atoms with Gasteiger partial charge < -0.3 is 24.1 Å². The van der Waals surface area contributed by atoms with Crippen molar-refractivity contribution in [2.75, 3.05) is 27.5 Å². The average molecular weight is 1080 g/mol. The van der Waals surface area contributed by atoms with E-state index in [1.807, 2.05) is 36.8 Å². The fraction of sp³-hybridized carbons (Fsp3) is 0.581. The third-order valence-corrected chi connectivity index (χ3v) is 12.3. The number of nitrogens with zero attached hydrogens (tertiary/aromatic N) is 5. The number of phenols is 1. The van der Waals surface area contributed by atoms with Gasteiger partial charge in [0.05, 0.1) is 25.3 Å². The number of halogens is 3. The number of aromatic hydroxyl groups is 1. The van der Waals surface area contributed by atoms with Crippen molar-refractivity contribution in [1.29, 1.82) is 5.26 Å². The number of hydrogen-bond donors (Lipinski definition) is 1. The van der Waals surface area contributed by atoms with E-state index in [-0.39, 0.29) is 111 Å². The van der Waals surface area contributed by atoms with Crippen LogP contribution in [0.2, 0.25) is 0 Å². The molecule has 1 saturated heterocycles. The molecule has 1 fully saturated rings. The van der Waals surface area contributed by atoms with Crippen molar-refractivity contribution >= 4 is 29.6 Å². The fourth-order valence-electron chi connectivity index (χ4n) is 9.62. The van der Waals surface area contributed by atoms with Gasteiger partial charge in [0.2, 0.25) is 18.6 Å². The van der Waals surface area contributed by atoms with Gasteiger partial charge in [-0.3, -0.25) is 43.6 Å². The Kier molecular flexibility index (Phi) is 15.4. The first-order chi connectivity index (χ1) is 28.9. The minimum absolute atomic E-state index is 0. The van der Waals surface area contributed by atoms with E-state index in [2.05, 4.69) is 6.07 Å². The number of methoxy groups -OCH3 is 1. The van der Waals surface area contributed by atoms with Crippen molar-refractivity contribution in [3.63, 3.8) is 0 Å². The maximum atomic E-state index is 14.6. The molecule has 1 unspecified atom stereocenters. The maximum Gasteiger partial charge on any atom is 0.471 e. The van der Waals surface area contributed by atoms with Crippen LogP contribution < -0.4 is 18.9 Å². The van der Waals surface area contributed by atoms with Gasteiger partial charge in [0, 0.05) is 104 Å². The number of aryl methyl sites for hydroxylation is 1. The molecule has 15 nitrogen and oxygen atoms in total. The van der Waals surface area contributed by atoms with Gasteiger partial charge in [0.25, 0.3) is 5.91 Å². The zero-order chi connectivity index (χ0) is 44.8. The van der Waals surface area contributed by atoms with Crippen LogP contribution in [-0.2, 0) is 36.8 Å². The standard InChI is InChI=1S/C43H52F3N5O10.Ac/c1-9-12-30(52)49(41(56)23(6)50(31(53)13-10-2)42(57)43(44,45)46)19-29-34-25(36(55)22(5)38-39(34)60-20-59-38)17-27-35-33-24(16-26(48(35)7)28(18-47)51(27)29)15-21(4)37(58-8)40(33)61-32(54)14-11-3;/h15,23,26-29,35,55H,9-14,16-17,19-20H2,1-8H3;/t23-,26-,27?,28-,29-,35-;/m0./s1. The Morgan fingerprint density at radius 1 is 0.968 bits per heavy atom. The zero-order valence-electron chi connectivity index (χ0n) is 36.2. The SMILES string of the molecule is CCCC(=O)Oc1c(OC)c(C)cc2c1[C@@H]1C3Cc4c(O)c(C)c5c(c4[C@H](CN(C(=O)CCC)C(=O)[C@H](C)N(C(=O)CCC)C(=O)C(F)(F)F)N3[C@@H](C#N)[C@H](C2)N1C)OCO5.[Ac]. The number of hydrogen-bond acceptors (Lipinski definition) is 13. The number of piperazine rings is 1. The molecule has 0 saturated carbocycles. The Labute approximate surface area is 394 Å². The minimum atomic E-state index is -5.52. The van der Waals surface area contributed by atoms with E-state index in [1.165, 1.54) is 14.0 Å². The third kappa shape index (κ3) is 8.53. The van der Waals surface area contributed by atoms with E-state index >= 15 is 0 Å². The van der Waals surface area contributed by atoms with Crippen LogP contribution in [0.1, 0.15) is 112 Å². The van der Waals surface area contributed by atoms with E-state index in [0.29, 0.717) is 46.4 Å². The molecule has 1 radical (unpaired) electrons. The number of amides is 4. The van der Waals surface area contributed by atoms with Gasteiger partial charge in [0.1, 0.15) is 17.8 Å². The van der Waals surface area contributed by atoms with Gasteiger partial charge >= 0.3 is 18.1 Å². The summed E-state index contributed by atoms with van der Waals surface area (Å²) in [4.78, 5) is 72.5. The molecule has 19 heteroatoms. The first-order valence-electron chi connectivity index (χ1n) is 20.6. The Hall–Kier alpha value is -3.97. The van der Waals surface area contributed by atoms with Gasteiger partial charge in [-0.2, -0.15) is 18.4 Å². The molecule has 2 aromatic rings. The van der Waals surface area contributed by atoms with Gasteiger partial charge in [0.15, 0.2) is 23.0 Å². The van der Waals surface area contributed by atoms with Crippen molar-refractivity contribution in [1.82, 2.24) is 19.6 Å². The summed E-state index contributed by atoms with van der Waals surface area (Å²) in [5, 5.41) is 23.1. The number of nitriles is 1. The van der Waals surface area contributed by atoms with Gasteiger partial charge in [-0.1, -0.05) is 26.8 Å². The molecule has 0 aliphatic carbocycles. The topological polar surface area (TPSA) is 179 Å². The van der Waals surface area contributed by atoms with Crippen LogP contribution in [0.5, 0.6) is 28.7 Å². The molecule has 2 bridgehead atoms. The normalized spacial score (nSPS) is 21.5. The summed E-state index contributed by atoms with van der Waals surface area (Å²) in [6.45, 7) is 8.67. The molecule has 4 amide bonds. The second kappa shape index (κ2) is 19.4. The molecule has 4 aliphatic rings. The molecule has 333 valence electrons. The maximum absolute atomic E-state index is 14.6. The fourth-order valence-corrected chi connectivity index (χ4v) is 9.62. The van der Waals surface area contributed by atoms with Gasteiger partial charge in [-0.05, 0) is 71.0 Å². The number of carbonyl (C=O) groups excluding carboxylic acids is 5. The monoisotopic (exact) mass is 1080 g/mol. The molecule has 0 spiro atoms. The largest absolute Gasteiger partial charge is 0.507 e. The quantitative estimate of drug-likeness (QED) is 0.209. The number of likely N-dealkylation sites (N-methyl/N-ethyl adjacent to an activating group) is 1. The molecule has 6 rings (SSSR count). The smallest absolute Gasteiger partial charge is 0.471 e. The molecular weight excluding hydrogens is 1030 g/mol. The van der Waals surface area contributed by atoms with E-state index in [9.17, 15) is 47.5 Å². The number of imide groups is 2. The van der Waals surface area contributed by atoms with E-state index in [0.717, 1.165) is 17.4 Å². The molecule has 6 atom stereocenters. The Balaban J connectivity index is 0.00000726. The number of esters is 1. The molecule has 1 N–H and O–H groups in total. The Morgan fingerprint density at radius 3 is 2.19 bits per heavy atom. The van der Waals surface area contributed by atoms with Crippen LogP contribution in [0, 0.1) is 69.2 Å². The van der Waals surface area contributed by atoms with Gasteiger partial charge in [-0.25, -0.2) is 0 Å². The molecule has 0 aromatic heterocycles. The first kappa shape index (κ1) is 49.1. The summed E-state index contributed by atoms with van der Waals surface area (Å²) in [6, 6.07) is -1.70. The summed E-state index contributed by atoms with van der Waals surface area (Å²) >= 11 is 0. The third-order valence-electron chi connectivity index (χ3n) is 12.3. The Bertz CT molecular complexity index is 2180. The summed E-state index contributed by atoms with van der Waals surface area (Å²) in [5.41, 5.74) is 3.17. The number of fused-ring (bicyclic) bond motifs is 9. The molecule has 2 aromatic carbocycles. The predicted octanol–water partition coefficient (Wildman–Crippen LogP) is 5.48. The number of rotatable bonds is 12. The van der Waals surface area contributed by atoms with Crippen LogP contribution in [0.25, 0.3) is 0 Å². The summed E-state index contributed by atoms with van der Waals surface area (Å²) in [5.74, 6) is -5.51. The minimum Gasteiger partial charge on any atom is -0.507 e.